The molecule has 0 N–H and O–H groups in total. The fraction of sp³-hybridized carbons (Fsp3) is 0.448. The minimum absolute atomic E-state index is 0.0130. The van der Waals surface area contributed by atoms with Gasteiger partial charge in [0.25, 0.3) is 5.91 Å². The molecule has 2 unspecified atom stereocenters. The van der Waals surface area contributed by atoms with Crippen molar-refractivity contribution in [2.75, 3.05) is 62.3 Å². The van der Waals surface area contributed by atoms with Gasteiger partial charge in [0.1, 0.15) is 17.2 Å². The maximum absolute atomic E-state index is 14.2. The first-order chi connectivity index (χ1) is 18.9. The summed E-state index contributed by atoms with van der Waals surface area (Å²) in [5, 5.41) is 0.312. The lowest BCUT2D eigenvalue weighted by Gasteiger charge is -2.32. The highest BCUT2D eigenvalue weighted by molar-refractivity contribution is 5.99. The van der Waals surface area contributed by atoms with Crippen molar-refractivity contribution >= 4 is 28.4 Å². The van der Waals surface area contributed by atoms with Gasteiger partial charge in [0, 0.05) is 61.7 Å². The molecule has 0 bridgehead atoms. The van der Waals surface area contributed by atoms with Crippen LogP contribution < -0.4 is 15.2 Å². The van der Waals surface area contributed by atoms with E-state index in [9.17, 15) is 18.4 Å². The van der Waals surface area contributed by atoms with E-state index in [4.69, 9.17) is 13.9 Å². The molecule has 2 atom stereocenters. The van der Waals surface area contributed by atoms with Crippen LogP contribution in [-0.2, 0) is 9.47 Å². The molecule has 3 aliphatic heterocycles. The summed E-state index contributed by atoms with van der Waals surface area (Å²) in [5.41, 5.74) is 1.60. The zero-order valence-electron chi connectivity index (χ0n) is 21.8. The normalized spacial score (nSPS) is 22.1. The highest BCUT2D eigenvalue weighted by Crippen LogP contribution is 2.40. The molecule has 0 spiro atoms. The first-order valence-electron chi connectivity index (χ1n) is 13.5. The molecular formula is C29H31F2N3O5. The highest BCUT2D eigenvalue weighted by atomic mass is 19.1. The van der Waals surface area contributed by atoms with Crippen molar-refractivity contribution in [2.45, 2.75) is 31.9 Å². The van der Waals surface area contributed by atoms with Gasteiger partial charge in [-0.05, 0) is 44.0 Å². The molecule has 1 aromatic heterocycles. The van der Waals surface area contributed by atoms with Crippen molar-refractivity contribution < 1.29 is 27.5 Å². The second-order valence-electron chi connectivity index (χ2n) is 10.4. The monoisotopic (exact) mass is 539 g/mol. The molecule has 206 valence electrons. The molecule has 2 aromatic carbocycles. The van der Waals surface area contributed by atoms with Crippen molar-refractivity contribution in [3.8, 4) is 0 Å². The fourth-order valence-electron chi connectivity index (χ4n) is 5.87. The summed E-state index contributed by atoms with van der Waals surface area (Å²) in [5.74, 6) is -1.07. The summed E-state index contributed by atoms with van der Waals surface area (Å²) < 4.78 is 45.9. The number of ether oxygens (including phenoxy) is 2. The molecule has 8 nitrogen and oxygen atoms in total. The van der Waals surface area contributed by atoms with E-state index >= 15 is 0 Å². The molecule has 3 fully saturated rings. The summed E-state index contributed by atoms with van der Waals surface area (Å²) in [4.78, 5) is 32.6. The number of carbonyl (C=O) groups is 1. The summed E-state index contributed by atoms with van der Waals surface area (Å²) in [6.45, 7) is 6.06. The Bertz CT molecular complexity index is 1430. The van der Waals surface area contributed by atoms with E-state index in [1.807, 2.05) is 16.7 Å². The molecule has 1 amide bonds. The smallest absolute Gasteiger partial charge is 0.254 e. The molecule has 6 rings (SSSR count). The van der Waals surface area contributed by atoms with E-state index in [-0.39, 0.29) is 23.5 Å². The number of nitrogens with zero attached hydrogens (tertiary/aromatic N) is 3. The van der Waals surface area contributed by atoms with Gasteiger partial charge in [-0.15, -0.1) is 0 Å². The van der Waals surface area contributed by atoms with Crippen LogP contribution in [0, 0.1) is 11.6 Å². The van der Waals surface area contributed by atoms with E-state index in [1.54, 1.807) is 17.0 Å². The van der Waals surface area contributed by atoms with Gasteiger partial charge in [0.2, 0.25) is 0 Å². The Balaban J connectivity index is 1.49. The average molecular weight is 540 g/mol. The second kappa shape index (κ2) is 10.6. The maximum atomic E-state index is 14.2. The number of anilines is 2. The van der Waals surface area contributed by atoms with Crippen LogP contribution in [0.2, 0.25) is 0 Å². The van der Waals surface area contributed by atoms with Crippen LogP contribution in [0.15, 0.2) is 45.6 Å². The zero-order valence-corrected chi connectivity index (χ0v) is 21.8. The van der Waals surface area contributed by atoms with E-state index < -0.39 is 11.6 Å². The number of benzene rings is 2. The van der Waals surface area contributed by atoms with Crippen LogP contribution in [0.3, 0.4) is 0 Å². The van der Waals surface area contributed by atoms with Crippen molar-refractivity contribution in [1.29, 1.82) is 0 Å². The topological polar surface area (TPSA) is 75.5 Å². The van der Waals surface area contributed by atoms with Crippen LogP contribution >= 0.6 is 0 Å². The van der Waals surface area contributed by atoms with Crippen molar-refractivity contribution in [3.63, 3.8) is 0 Å². The fourth-order valence-corrected chi connectivity index (χ4v) is 5.87. The van der Waals surface area contributed by atoms with Crippen LogP contribution in [0.1, 0.15) is 41.7 Å². The standard InChI is InChI=1S/C29H31F2N3O5/c1-18-17-33(7-10-38-18)27-16-26(35)24-12-19(29(36)32-5-8-37-9-6-32)11-23(28(24)39-27)25-3-2-4-34(25)22-14-20(30)13-21(31)15-22/h11-16,18,25H,2-10,17H2,1H3. The third-order valence-corrected chi connectivity index (χ3v) is 7.73. The van der Waals surface area contributed by atoms with Gasteiger partial charge in [-0.1, -0.05) is 0 Å². The van der Waals surface area contributed by atoms with Gasteiger partial charge in [0.05, 0.1) is 37.4 Å². The lowest BCUT2D eigenvalue weighted by molar-refractivity contribution is 0.0303. The van der Waals surface area contributed by atoms with Gasteiger partial charge in [0.15, 0.2) is 11.3 Å². The Morgan fingerprint density at radius 3 is 2.46 bits per heavy atom. The van der Waals surface area contributed by atoms with Crippen LogP contribution in [0.25, 0.3) is 11.0 Å². The molecule has 0 aliphatic carbocycles. The van der Waals surface area contributed by atoms with Crippen LogP contribution in [0.4, 0.5) is 20.4 Å². The van der Waals surface area contributed by atoms with E-state index in [1.165, 1.54) is 18.2 Å². The lowest BCUT2D eigenvalue weighted by Crippen LogP contribution is -2.41. The first-order valence-corrected chi connectivity index (χ1v) is 13.5. The molecule has 3 aliphatic rings. The van der Waals surface area contributed by atoms with E-state index in [0.29, 0.717) is 92.6 Å². The Labute approximate surface area is 224 Å². The van der Waals surface area contributed by atoms with Gasteiger partial charge in [-0.3, -0.25) is 9.59 Å². The summed E-state index contributed by atoms with van der Waals surface area (Å²) in [6, 6.07) is 7.99. The number of morpholine rings is 2. The number of amides is 1. The third-order valence-electron chi connectivity index (χ3n) is 7.73. The Hall–Kier alpha value is -3.50. The van der Waals surface area contributed by atoms with Gasteiger partial charge in [-0.25, -0.2) is 8.78 Å². The zero-order chi connectivity index (χ0) is 27.1. The Kier molecular flexibility index (Phi) is 6.99. The molecule has 3 saturated heterocycles. The third kappa shape index (κ3) is 5.10. The van der Waals surface area contributed by atoms with Crippen LogP contribution in [0.5, 0.6) is 0 Å². The van der Waals surface area contributed by atoms with Crippen molar-refractivity contribution in [2.24, 2.45) is 0 Å². The van der Waals surface area contributed by atoms with Crippen molar-refractivity contribution in [1.82, 2.24) is 4.90 Å². The average Bonchev–Trinajstić information content (AvgIpc) is 3.42. The maximum Gasteiger partial charge on any atom is 0.254 e. The number of rotatable bonds is 4. The summed E-state index contributed by atoms with van der Waals surface area (Å²) in [6.07, 6.45) is 1.43. The molecule has 0 saturated carbocycles. The minimum Gasteiger partial charge on any atom is -0.440 e. The Morgan fingerprint density at radius 1 is 0.949 bits per heavy atom. The second-order valence-corrected chi connectivity index (χ2v) is 10.4. The Morgan fingerprint density at radius 2 is 1.72 bits per heavy atom. The summed E-state index contributed by atoms with van der Waals surface area (Å²) in [7, 11) is 0. The van der Waals surface area contributed by atoms with E-state index in [2.05, 4.69) is 0 Å². The first kappa shape index (κ1) is 25.8. The van der Waals surface area contributed by atoms with Crippen molar-refractivity contribution in [3.05, 3.63) is 69.4 Å². The molecule has 10 heteroatoms. The van der Waals surface area contributed by atoms with Gasteiger partial charge < -0.3 is 28.6 Å². The number of fused-ring (bicyclic) bond motifs is 1. The highest BCUT2D eigenvalue weighted by Gasteiger charge is 2.32. The predicted molar refractivity (Wildman–Crippen MR) is 143 cm³/mol. The number of hydrogen-bond acceptors (Lipinski definition) is 7. The number of carbonyl (C=O) groups excluding carboxylic acids is 1. The summed E-state index contributed by atoms with van der Waals surface area (Å²) >= 11 is 0. The molecule has 4 heterocycles. The number of halogens is 2. The molecule has 0 radical (unpaired) electrons. The van der Waals surface area contributed by atoms with Gasteiger partial charge >= 0.3 is 0 Å². The lowest BCUT2D eigenvalue weighted by atomic mass is 9.97. The molecule has 3 aromatic rings. The van der Waals surface area contributed by atoms with E-state index in [0.717, 1.165) is 12.5 Å². The molecular weight excluding hydrogens is 508 g/mol. The van der Waals surface area contributed by atoms with Gasteiger partial charge in [-0.2, -0.15) is 0 Å². The SMILES string of the molecule is CC1CN(c2cc(=O)c3cc(C(=O)N4CCOCC4)cc(C4CCCN4c4cc(F)cc(F)c4)c3o2)CCO1. The number of hydrogen-bond donors (Lipinski definition) is 0. The molecule has 39 heavy (non-hydrogen) atoms. The predicted octanol–water partition coefficient (Wildman–Crippen LogP) is 4.11. The largest absolute Gasteiger partial charge is 0.440 e. The minimum atomic E-state index is -0.660. The quantitative estimate of drug-likeness (QED) is 0.494. The van der Waals surface area contributed by atoms with Crippen LogP contribution in [-0.4, -0.2) is 69.5 Å².